The number of aliphatic carboxylic acids is 1. The lowest BCUT2D eigenvalue weighted by Gasteiger charge is -2.22. The normalized spacial score (nSPS) is 27.9. The number of carboxylic acid groups (broad SMARTS) is 1. The van der Waals surface area contributed by atoms with Gasteiger partial charge in [-0.25, -0.2) is 0 Å². The van der Waals surface area contributed by atoms with Crippen LogP contribution in [0.25, 0.3) is 0 Å². The Morgan fingerprint density at radius 1 is 1.31 bits per heavy atom. The molecule has 1 saturated carbocycles. The number of ketones is 1. The monoisotopic (exact) mass is 371 g/mol. The molecule has 1 rings (SSSR count). The first-order valence-electron chi connectivity index (χ1n) is 11.3. The average Bonchev–Trinajstić information content (AvgIpc) is 2.88. The number of aliphatic hydroxyl groups is 2. The highest BCUT2D eigenvalue weighted by Gasteiger charge is 2.39. The van der Waals surface area contributed by atoms with Crippen LogP contribution in [0.1, 0.15) is 88.5 Å². The summed E-state index contributed by atoms with van der Waals surface area (Å²) in [7, 11) is 0. The molecule has 0 heterocycles. The Kier molecular flexibility index (Phi) is 8.04. The summed E-state index contributed by atoms with van der Waals surface area (Å²) >= 11 is 0. The summed E-state index contributed by atoms with van der Waals surface area (Å²) in [5.74, 6) is -1.47. The Hall–Kier alpha value is -1.20. The minimum Gasteiger partial charge on any atom is -0.481 e. The first-order chi connectivity index (χ1) is 13.5. The lowest BCUT2D eigenvalue weighted by Crippen LogP contribution is -2.23. The van der Waals surface area contributed by atoms with Gasteiger partial charge in [-0.3, -0.25) is 9.59 Å². The van der Waals surface area contributed by atoms with Gasteiger partial charge in [0.15, 0.2) is 0 Å². The van der Waals surface area contributed by atoms with Gasteiger partial charge in [-0.2, -0.15) is 0 Å². The molecule has 3 N–H and O–H groups in total. The van der Waals surface area contributed by atoms with Crippen molar-refractivity contribution in [3.05, 3.63) is 12.2 Å². The number of hydrogen-bond acceptors (Lipinski definition) is 4. The maximum absolute atomic E-state index is 12.3. The maximum atomic E-state index is 12.3. The lowest BCUT2D eigenvalue weighted by molar-refractivity contribution is -0.137. The van der Waals surface area contributed by atoms with Crippen molar-refractivity contribution in [2.24, 2.45) is 11.8 Å². The second-order valence-electron chi connectivity index (χ2n) is 7.54. The summed E-state index contributed by atoms with van der Waals surface area (Å²) in [6.45, 7) is -0.561. The molecule has 4 atom stereocenters. The highest BCUT2D eigenvalue weighted by Crippen LogP contribution is 2.34. The van der Waals surface area contributed by atoms with E-state index in [1.54, 1.807) is 12.2 Å². The summed E-state index contributed by atoms with van der Waals surface area (Å²) in [6.07, 6.45) is 7.94. The van der Waals surface area contributed by atoms with Crippen molar-refractivity contribution >= 4 is 11.8 Å². The van der Waals surface area contributed by atoms with E-state index in [4.69, 9.17) is 9.22 Å². The minimum absolute atomic E-state index is 0.00903. The highest BCUT2D eigenvalue weighted by atomic mass is 16.4. The van der Waals surface area contributed by atoms with Crippen LogP contribution in [0.2, 0.25) is 0 Å². The van der Waals surface area contributed by atoms with Crippen LogP contribution in [0.15, 0.2) is 12.2 Å². The van der Waals surface area contributed by atoms with Crippen molar-refractivity contribution in [2.45, 2.75) is 96.1 Å². The van der Waals surface area contributed by atoms with E-state index >= 15 is 0 Å². The Balaban J connectivity index is 2.63. The smallest absolute Gasteiger partial charge is 0.303 e. The van der Waals surface area contributed by atoms with Crippen LogP contribution in [0.3, 0.4) is 0 Å². The van der Waals surface area contributed by atoms with E-state index in [0.717, 1.165) is 25.7 Å². The number of hydrogen-bond donors (Lipinski definition) is 3. The molecule has 0 saturated heterocycles. The molecule has 0 aliphatic heterocycles. The first kappa shape index (κ1) is 18.2. The quantitative estimate of drug-likeness (QED) is 0.337. The van der Waals surface area contributed by atoms with Crippen LogP contribution in [0, 0.1) is 11.8 Å². The highest BCUT2D eigenvalue weighted by molar-refractivity contribution is 5.84. The molecule has 0 aromatic carbocycles. The second-order valence-corrected chi connectivity index (χ2v) is 7.54. The third-order valence-corrected chi connectivity index (χ3v) is 5.15. The number of rotatable bonds is 13. The number of aliphatic hydroxyl groups excluding tert-OH is 1. The molecule has 0 bridgehead atoms. The van der Waals surface area contributed by atoms with Gasteiger partial charge >= 0.3 is 5.97 Å². The van der Waals surface area contributed by atoms with Gasteiger partial charge in [-0.15, -0.1) is 0 Å². The van der Waals surface area contributed by atoms with Crippen LogP contribution >= 0.6 is 0 Å². The Labute approximate surface area is 161 Å². The molecule has 26 heavy (non-hydrogen) atoms. The standard InChI is InChI=1S/C21H36O5/c1-3-4-13-21(2,26)14-9-11-17-16(18(22)15-19(17)23)10-7-5-6-8-12-20(24)25/h9,11,16-17,19,23,26H,3-8,10,12-15H2,1-2H3,(H,24,25)/b11-9+/t16-,17-,19-,21?/m1/s1/i2D3. The zero-order chi connectivity index (χ0) is 22.1. The van der Waals surface area contributed by atoms with E-state index < -0.39 is 24.5 Å². The van der Waals surface area contributed by atoms with Gasteiger partial charge in [0.2, 0.25) is 0 Å². The van der Waals surface area contributed by atoms with E-state index in [1.165, 1.54) is 0 Å². The van der Waals surface area contributed by atoms with E-state index in [-0.39, 0.29) is 43.3 Å². The molecule has 150 valence electrons. The van der Waals surface area contributed by atoms with Crippen molar-refractivity contribution in [1.82, 2.24) is 0 Å². The fourth-order valence-electron chi connectivity index (χ4n) is 3.58. The largest absolute Gasteiger partial charge is 0.481 e. The van der Waals surface area contributed by atoms with Gasteiger partial charge in [-0.05, 0) is 32.5 Å². The van der Waals surface area contributed by atoms with E-state index in [0.29, 0.717) is 19.3 Å². The Morgan fingerprint density at radius 2 is 2.04 bits per heavy atom. The van der Waals surface area contributed by atoms with Gasteiger partial charge in [0.05, 0.1) is 11.7 Å². The number of carboxylic acids is 1. The zero-order valence-corrected chi connectivity index (χ0v) is 15.8. The second kappa shape index (κ2) is 11.5. The third kappa shape index (κ3) is 8.45. The van der Waals surface area contributed by atoms with Crippen molar-refractivity contribution in [1.29, 1.82) is 0 Å². The van der Waals surface area contributed by atoms with Gasteiger partial charge < -0.3 is 15.3 Å². The van der Waals surface area contributed by atoms with E-state index in [2.05, 4.69) is 0 Å². The summed E-state index contributed by atoms with van der Waals surface area (Å²) in [5.41, 5.74) is -1.80. The van der Waals surface area contributed by atoms with Gasteiger partial charge in [0.25, 0.3) is 0 Å². The molecule has 5 nitrogen and oxygen atoms in total. The molecule has 0 spiro atoms. The fourth-order valence-corrected chi connectivity index (χ4v) is 3.58. The van der Waals surface area contributed by atoms with Gasteiger partial charge in [0.1, 0.15) is 5.78 Å². The van der Waals surface area contributed by atoms with Crippen molar-refractivity contribution in [3.8, 4) is 0 Å². The van der Waals surface area contributed by atoms with Crippen molar-refractivity contribution in [3.63, 3.8) is 0 Å². The van der Waals surface area contributed by atoms with Crippen LogP contribution in [0.4, 0.5) is 0 Å². The molecule has 0 amide bonds. The SMILES string of the molecule is [2H]C([2H])([2H])C(O)(C/C=C/[C@H]1[C@H](O)CC(=O)[C@@H]1CCCCCCC(=O)O)CCCC. The fraction of sp³-hybridized carbons (Fsp3) is 0.810. The number of unbranched alkanes of at least 4 members (excludes halogenated alkanes) is 4. The lowest BCUT2D eigenvalue weighted by atomic mass is 9.87. The predicted octanol–water partition coefficient (Wildman–Crippen LogP) is 3.87. The van der Waals surface area contributed by atoms with Crippen LogP contribution in [0.5, 0.6) is 0 Å². The summed E-state index contributed by atoms with van der Waals surface area (Å²) < 4.78 is 22.9. The Bertz CT molecular complexity index is 561. The average molecular weight is 372 g/mol. The number of carbonyl (C=O) groups excluding carboxylic acids is 1. The van der Waals surface area contributed by atoms with Gasteiger partial charge in [0, 0.05) is 28.8 Å². The van der Waals surface area contributed by atoms with Crippen molar-refractivity contribution < 1.29 is 29.0 Å². The van der Waals surface area contributed by atoms with E-state index in [1.807, 2.05) is 6.92 Å². The van der Waals surface area contributed by atoms with Crippen LogP contribution < -0.4 is 0 Å². The number of carbonyl (C=O) groups is 2. The molecule has 0 radical (unpaired) electrons. The third-order valence-electron chi connectivity index (χ3n) is 5.15. The number of Topliss-reactive ketones (excluding diaryl/α,β-unsaturated/α-hetero) is 1. The molecule has 0 aromatic rings. The molecular formula is C21H36O5. The topological polar surface area (TPSA) is 94.8 Å². The predicted molar refractivity (Wildman–Crippen MR) is 102 cm³/mol. The summed E-state index contributed by atoms with van der Waals surface area (Å²) in [6, 6.07) is 0. The Morgan fingerprint density at radius 3 is 2.69 bits per heavy atom. The summed E-state index contributed by atoms with van der Waals surface area (Å²) in [4.78, 5) is 22.8. The van der Waals surface area contributed by atoms with Crippen LogP contribution in [-0.4, -0.2) is 38.8 Å². The summed E-state index contributed by atoms with van der Waals surface area (Å²) in [5, 5.41) is 29.5. The van der Waals surface area contributed by atoms with Gasteiger partial charge in [-0.1, -0.05) is 51.2 Å². The van der Waals surface area contributed by atoms with Crippen LogP contribution in [-0.2, 0) is 9.59 Å². The zero-order valence-electron chi connectivity index (χ0n) is 18.8. The minimum atomic E-state index is -2.49. The molecule has 1 aliphatic carbocycles. The van der Waals surface area contributed by atoms with E-state index in [9.17, 15) is 19.8 Å². The molecule has 1 unspecified atom stereocenters. The molecule has 1 aliphatic rings. The molecule has 0 aromatic heterocycles. The molecule has 5 heteroatoms. The maximum Gasteiger partial charge on any atom is 0.303 e. The molecule has 1 fully saturated rings. The molecular weight excluding hydrogens is 332 g/mol. The van der Waals surface area contributed by atoms with Crippen molar-refractivity contribution in [2.75, 3.05) is 0 Å². The first-order valence-corrected chi connectivity index (χ1v) is 9.83.